The van der Waals surface area contributed by atoms with E-state index in [4.69, 9.17) is 10.2 Å². The average Bonchev–Trinajstić information content (AvgIpc) is 2.67. The molecule has 0 radical (unpaired) electrons. The first-order valence-electron chi connectivity index (χ1n) is 7.97. The molecular formula is C14H14O14P4U-6. The number of benzene rings is 2. The topological polar surface area (TPSA) is 266 Å². The zero-order valence-electron chi connectivity index (χ0n) is 16.0. The van der Waals surface area contributed by atoms with E-state index in [1.807, 2.05) is 0 Å². The van der Waals surface area contributed by atoms with E-state index in [9.17, 15) is 47.6 Å². The van der Waals surface area contributed by atoms with Crippen LogP contribution < -0.4 is 38.4 Å². The number of aliphatic hydroxyl groups is 2. The number of hydrogen-bond acceptors (Lipinski definition) is 14. The van der Waals surface area contributed by atoms with E-state index in [0.717, 1.165) is 0 Å². The Morgan fingerprint density at radius 2 is 0.818 bits per heavy atom. The molecule has 2 rings (SSSR count). The van der Waals surface area contributed by atoms with Crippen LogP contribution in [0.15, 0.2) is 60.7 Å². The van der Waals surface area contributed by atoms with Crippen LogP contribution in [0.3, 0.4) is 0 Å². The molecule has 0 aromatic heterocycles. The minimum atomic E-state index is -5.66. The summed E-state index contributed by atoms with van der Waals surface area (Å²) >= 11 is 0. The van der Waals surface area contributed by atoms with Gasteiger partial charge in [0, 0.05) is 31.1 Å². The van der Waals surface area contributed by atoms with Gasteiger partial charge in [-0.3, -0.25) is 9.13 Å². The molecule has 0 spiro atoms. The smallest absolute Gasteiger partial charge is 0.217 e. The Bertz CT molecular complexity index is 971. The van der Waals surface area contributed by atoms with Gasteiger partial charge in [0.05, 0.1) is 0 Å². The summed E-state index contributed by atoms with van der Waals surface area (Å²) < 4.78 is 51.5. The molecule has 0 saturated heterocycles. The Labute approximate surface area is 211 Å². The molecule has 0 aliphatic heterocycles. The van der Waals surface area contributed by atoms with E-state index in [-0.39, 0.29) is 42.6 Å². The Balaban J connectivity index is 0.000000602. The van der Waals surface area contributed by atoms with Crippen LogP contribution in [0.4, 0.5) is 0 Å². The van der Waals surface area contributed by atoms with Gasteiger partial charge >= 0.3 is 0 Å². The van der Waals surface area contributed by atoms with Crippen LogP contribution in [0.5, 0.6) is 11.5 Å². The number of hydrogen-bond donors (Lipinski definition) is 2. The molecule has 33 heavy (non-hydrogen) atoms. The minimum Gasteiger partial charge on any atom is -0.809 e. The predicted octanol–water partition coefficient (Wildman–Crippen LogP) is -2.38. The molecule has 0 aliphatic rings. The van der Waals surface area contributed by atoms with Crippen LogP contribution >= 0.6 is 30.4 Å². The molecule has 2 aromatic rings. The van der Waals surface area contributed by atoms with Crippen molar-refractivity contribution >= 4 is 30.4 Å². The van der Waals surface area contributed by atoms with Crippen molar-refractivity contribution in [3.63, 3.8) is 0 Å². The second-order valence-corrected chi connectivity index (χ2v) is 13.1. The monoisotopic (exact) mass is 768 g/mol. The predicted molar refractivity (Wildman–Crippen MR) is 96.6 cm³/mol. The van der Waals surface area contributed by atoms with Crippen LogP contribution in [0.1, 0.15) is 0 Å². The Morgan fingerprint density at radius 1 is 0.576 bits per heavy atom. The summed E-state index contributed by atoms with van der Waals surface area (Å²) in [4.78, 5) is 63.6. The van der Waals surface area contributed by atoms with Crippen LogP contribution in [0.25, 0.3) is 0 Å². The first-order valence-corrected chi connectivity index (χ1v) is 14.4. The van der Waals surface area contributed by atoms with E-state index in [2.05, 4.69) is 9.05 Å². The van der Waals surface area contributed by atoms with Crippen molar-refractivity contribution in [2.75, 3.05) is 0 Å². The summed E-state index contributed by atoms with van der Waals surface area (Å²) in [7, 11) is -21.7. The van der Waals surface area contributed by atoms with E-state index < -0.39 is 41.6 Å². The Morgan fingerprint density at radius 3 is 1.03 bits per heavy atom. The maximum Gasteiger partial charge on any atom is 0.217 e. The molecule has 0 heterocycles. The molecule has 0 saturated carbocycles. The zero-order valence-corrected chi connectivity index (χ0v) is 23.8. The van der Waals surface area contributed by atoms with Gasteiger partial charge in [-0.2, -0.15) is 0 Å². The van der Waals surface area contributed by atoms with Gasteiger partial charge in [0.15, 0.2) is 11.2 Å². The van der Waals surface area contributed by atoms with Crippen LogP contribution in [0, 0.1) is 31.1 Å². The third-order valence-electron chi connectivity index (χ3n) is 3.08. The van der Waals surface area contributed by atoms with Crippen LogP contribution in [-0.2, 0) is 18.3 Å². The van der Waals surface area contributed by atoms with Crippen molar-refractivity contribution in [2.45, 2.75) is 11.2 Å². The van der Waals surface area contributed by atoms with Crippen molar-refractivity contribution < 1.29 is 98.0 Å². The quantitative estimate of drug-likeness (QED) is 0.266. The third kappa shape index (κ3) is 11.3. The summed E-state index contributed by atoms with van der Waals surface area (Å²) in [5, 5.41) is 17.6. The van der Waals surface area contributed by atoms with E-state index in [1.54, 1.807) is 12.1 Å². The average molecular weight is 768 g/mol. The molecule has 2 N–H and O–H groups in total. The molecule has 2 aromatic carbocycles. The second-order valence-electron chi connectivity index (χ2n) is 5.66. The maximum atomic E-state index is 11.1. The summed E-state index contributed by atoms with van der Waals surface area (Å²) in [6.45, 7) is 0. The normalized spacial score (nSPS) is 17.0. The molecule has 0 aliphatic carbocycles. The summed E-state index contributed by atoms with van der Waals surface area (Å²) in [5.41, 5.74) is -6.17. The molecule has 0 amide bonds. The Hall–Kier alpha value is -0.308. The van der Waals surface area contributed by atoms with Gasteiger partial charge in [-0.25, -0.2) is 0 Å². The first-order chi connectivity index (χ1) is 14.5. The largest absolute Gasteiger partial charge is 0.809 e. The fraction of sp³-hybridized carbons (Fsp3) is 0.143. The number of aliphatic hydroxyl groups excluding tert-OH is 2. The van der Waals surface area contributed by atoms with E-state index in [0.29, 0.717) is 0 Å². The van der Waals surface area contributed by atoms with Gasteiger partial charge in [0.2, 0.25) is 15.2 Å². The van der Waals surface area contributed by atoms with E-state index >= 15 is 0 Å². The molecule has 0 bridgehead atoms. The van der Waals surface area contributed by atoms with Crippen molar-refractivity contribution in [1.82, 2.24) is 0 Å². The molecule has 4 unspecified atom stereocenters. The first kappa shape index (κ1) is 32.7. The Kier molecular flexibility index (Phi) is 13.0. The molecule has 184 valence electrons. The van der Waals surface area contributed by atoms with Gasteiger partial charge in [0.25, 0.3) is 0 Å². The van der Waals surface area contributed by atoms with Crippen molar-refractivity contribution in [3.05, 3.63) is 60.7 Å². The molecule has 4 atom stereocenters. The minimum absolute atomic E-state index is 0. The molecule has 0 fully saturated rings. The maximum absolute atomic E-state index is 11.1. The van der Waals surface area contributed by atoms with Gasteiger partial charge in [-0.1, -0.05) is 36.4 Å². The van der Waals surface area contributed by atoms with Crippen LogP contribution in [-0.4, -0.2) is 21.4 Å². The molecular weight excluding hydrogens is 754 g/mol. The van der Waals surface area contributed by atoms with Gasteiger partial charge in [0.1, 0.15) is 11.5 Å². The summed E-state index contributed by atoms with van der Waals surface area (Å²) in [5.74, 6) is -0.373. The third-order valence-corrected chi connectivity index (χ3v) is 9.67. The fourth-order valence-corrected chi connectivity index (χ4v) is 5.77. The van der Waals surface area contributed by atoms with Gasteiger partial charge in [-0.15, -0.1) is 0 Å². The van der Waals surface area contributed by atoms with Crippen molar-refractivity contribution in [3.8, 4) is 11.5 Å². The number of para-hydroxylation sites is 2. The zero-order chi connectivity index (χ0) is 24.8. The van der Waals surface area contributed by atoms with Gasteiger partial charge < -0.3 is 57.8 Å². The SMILES string of the molecule is O=P([O-])([O-])C(O)P(=O)([O-])Oc1ccccc1.O=P([O-])([O-])C(O)P(=O)([O-])Oc1ccccc1.[U]. The van der Waals surface area contributed by atoms with Crippen molar-refractivity contribution in [1.29, 1.82) is 0 Å². The standard InChI is InChI=1S/2C7H10O7P2.U/c2*8-7(15(9,10)11)16(12,13)14-6-4-2-1-3-5-6;/h2*1-5,7-8H,(H,12,13)(H2,9,10,11);/p-6. The number of rotatable bonds is 8. The summed E-state index contributed by atoms with van der Waals surface area (Å²) in [6, 6.07) is 13.8. The fourth-order valence-electron chi connectivity index (χ4n) is 1.70. The van der Waals surface area contributed by atoms with Gasteiger partial charge in [-0.05, 0) is 39.5 Å². The summed E-state index contributed by atoms with van der Waals surface area (Å²) in [6.07, 6.45) is 0. The molecule has 19 heteroatoms. The second kappa shape index (κ2) is 13.1. The molecule has 14 nitrogen and oxygen atoms in total. The van der Waals surface area contributed by atoms with Crippen LogP contribution in [0.2, 0.25) is 0 Å². The van der Waals surface area contributed by atoms with Crippen molar-refractivity contribution in [2.24, 2.45) is 0 Å². The van der Waals surface area contributed by atoms with E-state index in [1.165, 1.54) is 48.5 Å².